The first-order valence-corrected chi connectivity index (χ1v) is 14.0. The van der Waals surface area contributed by atoms with Crippen molar-refractivity contribution in [2.45, 2.75) is 32.6 Å². The van der Waals surface area contributed by atoms with Gasteiger partial charge in [-0.05, 0) is 56.2 Å². The van der Waals surface area contributed by atoms with E-state index in [1.807, 2.05) is 36.4 Å². The van der Waals surface area contributed by atoms with Gasteiger partial charge in [-0.3, -0.25) is 24.7 Å². The van der Waals surface area contributed by atoms with Gasteiger partial charge in [0.15, 0.2) is 11.4 Å². The number of anilines is 1. The molecule has 0 bridgehead atoms. The van der Waals surface area contributed by atoms with Gasteiger partial charge in [0.1, 0.15) is 0 Å². The molecule has 3 N–H and O–H groups in total. The number of rotatable bonds is 6. The topological polar surface area (TPSA) is 129 Å². The van der Waals surface area contributed by atoms with E-state index in [2.05, 4.69) is 35.5 Å². The van der Waals surface area contributed by atoms with Crippen LogP contribution in [-0.2, 0) is 4.79 Å². The van der Waals surface area contributed by atoms with E-state index in [1.165, 1.54) is 11.3 Å². The number of nitrogens with one attached hydrogen (secondary N) is 3. The Labute approximate surface area is 233 Å². The molecule has 1 saturated carbocycles. The highest BCUT2D eigenvalue weighted by Gasteiger charge is 2.23. The minimum Gasteiger partial charge on any atom is -0.353 e. The zero-order valence-corrected chi connectivity index (χ0v) is 22.5. The molecule has 0 saturated heterocycles. The van der Waals surface area contributed by atoms with Gasteiger partial charge < -0.3 is 10.3 Å². The fourth-order valence-electron chi connectivity index (χ4n) is 5.40. The predicted molar refractivity (Wildman–Crippen MR) is 156 cm³/mol. The van der Waals surface area contributed by atoms with Crippen LogP contribution in [0.1, 0.15) is 42.3 Å². The second-order valence-electron chi connectivity index (χ2n) is 10.2. The number of thiophene rings is 1. The number of hydrogen-bond acceptors (Lipinski definition) is 7. The molecule has 0 aromatic carbocycles. The fraction of sp³-hybridized carbons (Fsp3) is 0.200. The lowest BCUT2D eigenvalue weighted by atomic mass is 10.1. The number of carbonyl (C=O) groups excluding carboxylic acids is 2. The summed E-state index contributed by atoms with van der Waals surface area (Å²) in [5.74, 6) is 0.190. The number of carbonyl (C=O) groups is 2. The van der Waals surface area contributed by atoms with E-state index in [0.29, 0.717) is 16.2 Å². The Morgan fingerprint density at radius 2 is 1.82 bits per heavy atom. The van der Waals surface area contributed by atoms with Crippen LogP contribution in [-0.4, -0.2) is 41.8 Å². The summed E-state index contributed by atoms with van der Waals surface area (Å²) in [5, 5.41) is 12.4. The molecule has 6 aromatic heterocycles. The molecule has 7 rings (SSSR count). The van der Waals surface area contributed by atoms with Gasteiger partial charge in [0.25, 0.3) is 0 Å². The zero-order chi connectivity index (χ0) is 27.2. The standard InChI is InChI=1S/C30H25N7O2S/c1-16(38)25-6-7-26(40-25)28-21-12-24(35-23(21)8-9-32-28)27-22-11-19(14-33-29(22)37-36-27)18-10-20(15-31-13-18)34-30(39)17-4-2-3-5-17/h6-15,17,35H,2-5H2,1H3,(H,34,39)(H,33,36,37). The summed E-state index contributed by atoms with van der Waals surface area (Å²) in [4.78, 5) is 43.2. The highest BCUT2D eigenvalue weighted by atomic mass is 32.1. The van der Waals surface area contributed by atoms with E-state index in [9.17, 15) is 9.59 Å². The van der Waals surface area contributed by atoms with Crippen LogP contribution < -0.4 is 5.32 Å². The van der Waals surface area contributed by atoms with Crippen LogP contribution in [0, 0.1) is 5.92 Å². The van der Waals surface area contributed by atoms with E-state index in [1.54, 1.807) is 31.7 Å². The van der Waals surface area contributed by atoms with E-state index in [0.717, 1.165) is 75.1 Å². The molecule has 1 aliphatic rings. The Balaban J connectivity index is 1.24. The van der Waals surface area contributed by atoms with Crippen molar-refractivity contribution in [2.75, 3.05) is 5.32 Å². The number of Topliss-reactive ketones (excluding diaryl/α,β-unsaturated/α-hetero) is 1. The summed E-state index contributed by atoms with van der Waals surface area (Å²) < 4.78 is 0. The lowest BCUT2D eigenvalue weighted by Gasteiger charge is -2.11. The van der Waals surface area contributed by atoms with Crippen molar-refractivity contribution in [2.24, 2.45) is 5.92 Å². The second kappa shape index (κ2) is 9.80. The molecule has 10 heteroatoms. The third kappa shape index (κ3) is 4.36. The molecule has 0 spiro atoms. The Hall–Kier alpha value is -4.70. The van der Waals surface area contributed by atoms with Gasteiger partial charge in [-0.1, -0.05) is 12.8 Å². The summed E-state index contributed by atoms with van der Waals surface area (Å²) in [6.07, 6.45) is 11.1. The fourth-order valence-corrected chi connectivity index (χ4v) is 6.31. The van der Waals surface area contributed by atoms with Gasteiger partial charge in [0.05, 0.1) is 38.7 Å². The minimum absolute atomic E-state index is 0.0438. The monoisotopic (exact) mass is 547 g/mol. The number of pyridine rings is 3. The molecule has 1 aliphatic carbocycles. The molecule has 0 atom stereocenters. The smallest absolute Gasteiger partial charge is 0.227 e. The lowest BCUT2D eigenvalue weighted by molar-refractivity contribution is -0.119. The normalized spacial score (nSPS) is 13.8. The van der Waals surface area contributed by atoms with Gasteiger partial charge in [0.2, 0.25) is 5.91 Å². The van der Waals surface area contributed by atoms with Gasteiger partial charge >= 0.3 is 0 Å². The number of aromatic nitrogens is 6. The summed E-state index contributed by atoms with van der Waals surface area (Å²) in [5.41, 5.74) is 6.41. The number of nitrogens with zero attached hydrogens (tertiary/aromatic N) is 4. The average molecular weight is 548 g/mol. The molecule has 6 heterocycles. The molecule has 6 aromatic rings. The Bertz CT molecular complexity index is 1910. The molecule has 0 radical (unpaired) electrons. The largest absolute Gasteiger partial charge is 0.353 e. The van der Waals surface area contributed by atoms with E-state index >= 15 is 0 Å². The van der Waals surface area contributed by atoms with Crippen LogP contribution in [0.15, 0.2) is 61.2 Å². The first kappa shape index (κ1) is 24.3. The zero-order valence-electron chi connectivity index (χ0n) is 21.7. The van der Waals surface area contributed by atoms with E-state index < -0.39 is 0 Å². The Morgan fingerprint density at radius 3 is 2.65 bits per heavy atom. The van der Waals surface area contributed by atoms with E-state index in [4.69, 9.17) is 0 Å². The number of H-pyrrole nitrogens is 2. The summed E-state index contributed by atoms with van der Waals surface area (Å²) in [7, 11) is 0. The highest BCUT2D eigenvalue weighted by molar-refractivity contribution is 7.17. The van der Waals surface area contributed by atoms with Crippen LogP contribution in [0.25, 0.3) is 55.0 Å². The van der Waals surface area contributed by atoms with Crippen molar-refractivity contribution in [1.82, 2.24) is 30.1 Å². The van der Waals surface area contributed by atoms with Crippen LogP contribution in [0.3, 0.4) is 0 Å². The van der Waals surface area contributed by atoms with Crippen LogP contribution in [0.4, 0.5) is 5.69 Å². The maximum absolute atomic E-state index is 12.6. The number of ketones is 1. The van der Waals surface area contributed by atoms with Gasteiger partial charge in [0, 0.05) is 51.9 Å². The molecule has 0 unspecified atom stereocenters. The first-order valence-electron chi connectivity index (χ1n) is 13.2. The minimum atomic E-state index is 0.0438. The molecule has 1 amide bonds. The molecule has 198 valence electrons. The Morgan fingerprint density at radius 1 is 0.975 bits per heavy atom. The maximum atomic E-state index is 12.6. The molecular weight excluding hydrogens is 522 g/mol. The SMILES string of the molecule is CC(=O)c1ccc(-c2nccc3[nH]c(-c4[nH]nc5ncc(-c6cncc(NC(=O)C7CCCC7)c6)cc45)cc23)s1. The van der Waals surface area contributed by atoms with Crippen molar-refractivity contribution < 1.29 is 9.59 Å². The van der Waals surface area contributed by atoms with Gasteiger partial charge in [-0.15, -0.1) is 11.3 Å². The molecule has 9 nitrogen and oxygen atoms in total. The van der Waals surface area contributed by atoms with Crippen molar-refractivity contribution in [1.29, 1.82) is 0 Å². The van der Waals surface area contributed by atoms with Crippen molar-refractivity contribution in [3.63, 3.8) is 0 Å². The van der Waals surface area contributed by atoms with Crippen molar-refractivity contribution in [3.05, 3.63) is 66.1 Å². The summed E-state index contributed by atoms with van der Waals surface area (Å²) in [6.45, 7) is 1.57. The number of aromatic amines is 2. The molecule has 40 heavy (non-hydrogen) atoms. The van der Waals surface area contributed by atoms with Crippen LogP contribution >= 0.6 is 11.3 Å². The quantitative estimate of drug-likeness (QED) is 0.201. The number of hydrogen-bond donors (Lipinski definition) is 3. The third-order valence-corrected chi connectivity index (χ3v) is 8.67. The summed E-state index contributed by atoms with van der Waals surface area (Å²) in [6, 6.07) is 11.7. The maximum Gasteiger partial charge on any atom is 0.227 e. The lowest BCUT2D eigenvalue weighted by Crippen LogP contribution is -2.20. The van der Waals surface area contributed by atoms with E-state index in [-0.39, 0.29) is 17.6 Å². The number of amides is 1. The molecule has 0 aliphatic heterocycles. The third-order valence-electron chi connectivity index (χ3n) is 7.48. The van der Waals surface area contributed by atoms with Crippen molar-refractivity contribution >= 4 is 50.7 Å². The Kier molecular flexibility index (Phi) is 5.96. The van der Waals surface area contributed by atoms with Gasteiger partial charge in [-0.2, -0.15) is 5.10 Å². The molecule has 1 fully saturated rings. The van der Waals surface area contributed by atoms with Crippen LogP contribution in [0.5, 0.6) is 0 Å². The van der Waals surface area contributed by atoms with Crippen LogP contribution in [0.2, 0.25) is 0 Å². The molecular formula is C30H25N7O2S. The average Bonchev–Trinajstić information content (AvgIpc) is 3.78. The first-order chi connectivity index (χ1) is 19.5. The number of fused-ring (bicyclic) bond motifs is 2. The predicted octanol–water partition coefficient (Wildman–Crippen LogP) is 6.62. The second-order valence-corrected chi connectivity index (χ2v) is 11.2. The van der Waals surface area contributed by atoms with Gasteiger partial charge in [-0.25, -0.2) is 4.98 Å². The van der Waals surface area contributed by atoms with Crippen molar-refractivity contribution in [3.8, 4) is 33.1 Å². The summed E-state index contributed by atoms with van der Waals surface area (Å²) >= 11 is 1.44. The highest BCUT2D eigenvalue weighted by Crippen LogP contribution is 2.36.